The molecule has 25 heavy (non-hydrogen) atoms. The summed E-state index contributed by atoms with van der Waals surface area (Å²) in [5.74, 6) is -1.22. The Bertz CT molecular complexity index is 781. The molecule has 0 aliphatic rings. The van der Waals surface area contributed by atoms with Crippen LogP contribution in [0.4, 0.5) is 18.9 Å². The van der Waals surface area contributed by atoms with Crippen LogP contribution in [0, 0.1) is 13.8 Å². The highest BCUT2D eigenvalue weighted by molar-refractivity contribution is 6.05. The minimum atomic E-state index is -4.48. The zero-order valence-electron chi connectivity index (χ0n) is 13.7. The third kappa shape index (κ3) is 5.63. The fourth-order valence-corrected chi connectivity index (χ4v) is 2.33. The molecule has 0 aliphatic carbocycles. The van der Waals surface area contributed by atoms with E-state index in [4.69, 9.17) is 0 Å². The zero-order valence-corrected chi connectivity index (χ0v) is 13.7. The van der Waals surface area contributed by atoms with Crippen molar-refractivity contribution in [1.29, 1.82) is 0 Å². The fraction of sp³-hybridized carbons (Fsp3) is 0.222. The van der Waals surface area contributed by atoms with Gasteiger partial charge in [0, 0.05) is 16.8 Å². The Morgan fingerprint density at radius 1 is 0.920 bits per heavy atom. The number of carbonyl (C=O) groups is 2. The molecule has 2 amide bonds. The normalized spacial score (nSPS) is 11.1. The van der Waals surface area contributed by atoms with Gasteiger partial charge in [-0.15, -0.1) is 0 Å². The van der Waals surface area contributed by atoms with Crippen LogP contribution in [-0.4, -0.2) is 24.5 Å². The van der Waals surface area contributed by atoms with E-state index in [1.54, 1.807) is 23.5 Å². The first-order valence-corrected chi connectivity index (χ1v) is 7.49. The number of carbonyl (C=O) groups excluding carboxylic acids is 2. The summed E-state index contributed by atoms with van der Waals surface area (Å²) >= 11 is 0. The van der Waals surface area contributed by atoms with E-state index in [9.17, 15) is 22.8 Å². The van der Waals surface area contributed by atoms with Crippen LogP contribution in [0.25, 0.3) is 0 Å². The fourth-order valence-electron chi connectivity index (χ4n) is 2.33. The summed E-state index contributed by atoms with van der Waals surface area (Å²) in [5, 5.41) is 4.43. The van der Waals surface area contributed by atoms with Gasteiger partial charge in [0.1, 0.15) is 6.54 Å². The van der Waals surface area contributed by atoms with Crippen LogP contribution in [0.2, 0.25) is 0 Å². The van der Waals surface area contributed by atoms with Crippen LogP contribution < -0.4 is 10.6 Å². The van der Waals surface area contributed by atoms with Crippen LogP contribution in [0.5, 0.6) is 0 Å². The first-order valence-electron chi connectivity index (χ1n) is 7.49. The molecule has 0 saturated heterocycles. The summed E-state index contributed by atoms with van der Waals surface area (Å²) in [4.78, 5) is 24.1. The molecule has 2 aromatic carbocycles. The van der Waals surface area contributed by atoms with E-state index in [0.29, 0.717) is 11.3 Å². The van der Waals surface area contributed by atoms with Crippen molar-refractivity contribution in [2.45, 2.75) is 20.0 Å². The van der Waals surface area contributed by atoms with Crippen molar-refractivity contribution in [3.05, 3.63) is 64.7 Å². The number of amides is 2. The maximum atomic E-state index is 12.3. The molecule has 2 rings (SSSR count). The Morgan fingerprint density at radius 3 is 2.16 bits per heavy atom. The van der Waals surface area contributed by atoms with Crippen LogP contribution >= 0.6 is 0 Å². The average Bonchev–Trinajstić information content (AvgIpc) is 2.51. The summed E-state index contributed by atoms with van der Waals surface area (Å²) in [7, 11) is 0. The van der Waals surface area contributed by atoms with Crippen molar-refractivity contribution < 1.29 is 22.8 Å². The number of nitrogens with one attached hydrogen (secondary N) is 2. The molecule has 0 fully saturated rings. The number of halogens is 3. The second-order valence-electron chi connectivity index (χ2n) is 5.71. The standard InChI is InChI=1S/C18H17F3N2O2/c1-11-6-12(2)8-14(7-11)17(25)23-15-5-3-4-13(9-15)16(24)22-10-18(19,20)21/h3-9H,10H2,1-2H3,(H,22,24)(H,23,25). The molecular weight excluding hydrogens is 333 g/mol. The summed E-state index contributed by atoms with van der Waals surface area (Å²) in [6.45, 7) is 2.33. The van der Waals surface area contributed by atoms with E-state index in [2.05, 4.69) is 5.32 Å². The number of hydrogen-bond acceptors (Lipinski definition) is 2. The highest BCUT2D eigenvalue weighted by Gasteiger charge is 2.27. The molecule has 7 heteroatoms. The van der Waals surface area contributed by atoms with Gasteiger partial charge in [-0.05, 0) is 44.2 Å². The van der Waals surface area contributed by atoms with Crippen molar-refractivity contribution in [3.63, 3.8) is 0 Å². The molecule has 132 valence electrons. The molecule has 0 unspecified atom stereocenters. The molecule has 4 nitrogen and oxygen atoms in total. The van der Waals surface area contributed by atoms with Crippen molar-refractivity contribution in [2.24, 2.45) is 0 Å². The van der Waals surface area contributed by atoms with Gasteiger partial charge in [-0.3, -0.25) is 9.59 Å². The van der Waals surface area contributed by atoms with E-state index in [1.165, 1.54) is 18.2 Å². The van der Waals surface area contributed by atoms with Crippen LogP contribution in [-0.2, 0) is 0 Å². The van der Waals surface area contributed by atoms with Gasteiger partial charge >= 0.3 is 6.18 Å². The minimum Gasteiger partial charge on any atom is -0.343 e. The Kier molecular flexibility index (Phi) is 5.46. The summed E-state index contributed by atoms with van der Waals surface area (Å²) in [5.41, 5.74) is 2.69. The van der Waals surface area contributed by atoms with E-state index in [-0.39, 0.29) is 11.5 Å². The van der Waals surface area contributed by atoms with Crippen LogP contribution in [0.15, 0.2) is 42.5 Å². The molecule has 0 saturated carbocycles. The molecule has 0 atom stereocenters. The number of alkyl halides is 3. The van der Waals surface area contributed by atoms with Gasteiger partial charge in [-0.1, -0.05) is 23.3 Å². The lowest BCUT2D eigenvalue weighted by molar-refractivity contribution is -0.123. The first-order chi connectivity index (χ1) is 11.6. The maximum absolute atomic E-state index is 12.3. The molecule has 0 radical (unpaired) electrons. The van der Waals surface area contributed by atoms with Crippen LogP contribution in [0.1, 0.15) is 31.8 Å². The van der Waals surface area contributed by atoms with Crippen molar-refractivity contribution in [1.82, 2.24) is 5.32 Å². The Hall–Kier alpha value is -2.83. The van der Waals surface area contributed by atoms with Gasteiger partial charge in [0.05, 0.1) is 0 Å². The number of benzene rings is 2. The van der Waals surface area contributed by atoms with Gasteiger partial charge in [-0.25, -0.2) is 0 Å². The summed E-state index contributed by atoms with van der Waals surface area (Å²) in [6.07, 6.45) is -4.48. The minimum absolute atomic E-state index is 0.0301. The molecule has 0 bridgehead atoms. The van der Waals surface area contributed by atoms with E-state index in [1.807, 2.05) is 19.9 Å². The van der Waals surface area contributed by atoms with Crippen LogP contribution in [0.3, 0.4) is 0 Å². The zero-order chi connectivity index (χ0) is 18.6. The molecule has 0 heterocycles. The van der Waals surface area contributed by atoms with Crippen molar-refractivity contribution in [3.8, 4) is 0 Å². The third-order valence-electron chi connectivity index (χ3n) is 3.32. The quantitative estimate of drug-likeness (QED) is 0.880. The largest absolute Gasteiger partial charge is 0.405 e. The lowest BCUT2D eigenvalue weighted by Crippen LogP contribution is -2.33. The topological polar surface area (TPSA) is 58.2 Å². The molecule has 0 aromatic heterocycles. The summed E-state index contributed by atoms with van der Waals surface area (Å²) in [6, 6.07) is 11.1. The smallest absolute Gasteiger partial charge is 0.343 e. The molecule has 2 aromatic rings. The van der Waals surface area contributed by atoms with Crippen molar-refractivity contribution in [2.75, 3.05) is 11.9 Å². The number of aryl methyl sites for hydroxylation is 2. The predicted octanol–water partition coefficient (Wildman–Crippen LogP) is 3.85. The van der Waals surface area contributed by atoms with Gasteiger partial charge in [0.2, 0.25) is 0 Å². The van der Waals surface area contributed by atoms with Crippen molar-refractivity contribution >= 4 is 17.5 Å². The van der Waals surface area contributed by atoms with Gasteiger partial charge in [0.25, 0.3) is 11.8 Å². The van der Waals surface area contributed by atoms with E-state index in [0.717, 1.165) is 11.1 Å². The lowest BCUT2D eigenvalue weighted by atomic mass is 10.1. The molecule has 2 N–H and O–H groups in total. The number of rotatable bonds is 4. The van der Waals surface area contributed by atoms with Gasteiger partial charge < -0.3 is 10.6 Å². The Labute approximate surface area is 143 Å². The second kappa shape index (κ2) is 7.38. The van der Waals surface area contributed by atoms with Gasteiger partial charge in [0.15, 0.2) is 0 Å². The third-order valence-corrected chi connectivity index (χ3v) is 3.32. The maximum Gasteiger partial charge on any atom is 0.405 e. The predicted molar refractivity (Wildman–Crippen MR) is 88.7 cm³/mol. The monoisotopic (exact) mass is 350 g/mol. The lowest BCUT2D eigenvalue weighted by Gasteiger charge is -2.10. The van der Waals surface area contributed by atoms with E-state index < -0.39 is 18.6 Å². The molecule has 0 aliphatic heterocycles. The van der Waals surface area contributed by atoms with Gasteiger partial charge in [-0.2, -0.15) is 13.2 Å². The highest BCUT2D eigenvalue weighted by atomic mass is 19.4. The molecule has 0 spiro atoms. The molecular formula is C18H17F3N2O2. The number of hydrogen-bond donors (Lipinski definition) is 2. The Balaban J connectivity index is 2.10. The Morgan fingerprint density at radius 2 is 1.56 bits per heavy atom. The average molecular weight is 350 g/mol. The first kappa shape index (κ1) is 18.5. The second-order valence-corrected chi connectivity index (χ2v) is 5.71. The summed E-state index contributed by atoms with van der Waals surface area (Å²) < 4.78 is 36.5. The van der Waals surface area contributed by atoms with E-state index >= 15 is 0 Å². The number of anilines is 1. The highest BCUT2D eigenvalue weighted by Crippen LogP contribution is 2.16. The SMILES string of the molecule is Cc1cc(C)cc(C(=O)Nc2cccc(C(=O)NCC(F)(F)F)c2)c1.